The average molecular weight is 481 g/mol. The number of esters is 1. The Morgan fingerprint density at radius 3 is 2.44 bits per heavy atom. The number of rotatable bonds is 7. The van der Waals surface area contributed by atoms with Crippen molar-refractivity contribution < 1.29 is 9.53 Å². The summed E-state index contributed by atoms with van der Waals surface area (Å²) in [6.07, 6.45) is 2.55. The summed E-state index contributed by atoms with van der Waals surface area (Å²) in [5.74, 6) is 0.641. The van der Waals surface area contributed by atoms with Crippen molar-refractivity contribution in [3.63, 3.8) is 0 Å². The minimum atomic E-state index is -0.304. The fourth-order valence-electron chi connectivity index (χ4n) is 5.70. The number of aromatic nitrogens is 3. The molecule has 0 unspecified atom stereocenters. The second-order valence-electron chi connectivity index (χ2n) is 9.55. The van der Waals surface area contributed by atoms with Gasteiger partial charge in [0.1, 0.15) is 5.82 Å². The molecular weight excluding hydrogens is 448 g/mol. The van der Waals surface area contributed by atoms with E-state index >= 15 is 0 Å². The van der Waals surface area contributed by atoms with Crippen LogP contribution in [-0.2, 0) is 17.8 Å². The minimum Gasteiger partial charge on any atom is -0.462 e. The van der Waals surface area contributed by atoms with Gasteiger partial charge in [-0.3, -0.25) is 0 Å². The monoisotopic (exact) mass is 480 g/mol. The van der Waals surface area contributed by atoms with Crippen LogP contribution in [-0.4, -0.2) is 51.2 Å². The molecular formula is C30H32N4O2. The highest BCUT2D eigenvalue weighted by atomic mass is 16.5. The first-order chi connectivity index (χ1) is 17.7. The van der Waals surface area contributed by atoms with E-state index in [1.807, 2.05) is 25.1 Å². The molecule has 6 rings (SSSR count). The molecule has 0 N–H and O–H groups in total. The number of ether oxygens (including phenoxy) is 1. The van der Waals surface area contributed by atoms with Gasteiger partial charge in [-0.05, 0) is 82.2 Å². The molecule has 0 amide bonds. The van der Waals surface area contributed by atoms with Crippen molar-refractivity contribution >= 4 is 38.8 Å². The number of hydrogen-bond acceptors (Lipinski definition) is 4. The van der Waals surface area contributed by atoms with Gasteiger partial charge in [0.05, 0.1) is 23.2 Å². The molecule has 36 heavy (non-hydrogen) atoms. The predicted molar refractivity (Wildman–Crippen MR) is 145 cm³/mol. The number of likely N-dealkylation sites (tertiary alicyclic amines) is 1. The lowest BCUT2D eigenvalue weighted by molar-refractivity contribution is 0.0526. The van der Waals surface area contributed by atoms with Gasteiger partial charge in [0.25, 0.3) is 0 Å². The Labute approximate surface area is 211 Å². The maximum atomic E-state index is 12.4. The number of imidazole rings is 1. The fourth-order valence-corrected chi connectivity index (χ4v) is 5.70. The normalized spacial score (nSPS) is 14.4. The van der Waals surface area contributed by atoms with E-state index in [4.69, 9.17) is 9.72 Å². The number of para-hydroxylation sites is 1. The van der Waals surface area contributed by atoms with Crippen LogP contribution in [0.2, 0.25) is 0 Å². The van der Waals surface area contributed by atoms with Crippen molar-refractivity contribution in [2.75, 3.05) is 26.2 Å². The van der Waals surface area contributed by atoms with Crippen LogP contribution < -0.4 is 0 Å². The van der Waals surface area contributed by atoms with Crippen molar-refractivity contribution in [3.05, 3.63) is 66.2 Å². The molecule has 0 bridgehead atoms. The number of aryl methyl sites for hydroxylation is 1. The molecule has 0 spiro atoms. The number of carbonyl (C=O) groups excluding carboxylic acids is 1. The molecule has 0 atom stereocenters. The lowest BCUT2D eigenvalue weighted by Gasteiger charge is -2.17. The molecule has 6 heteroatoms. The van der Waals surface area contributed by atoms with Crippen molar-refractivity contribution in [2.45, 2.75) is 39.8 Å². The van der Waals surface area contributed by atoms with Crippen LogP contribution in [0.15, 0.2) is 60.7 Å². The molecule has 6 nitrogen and oxygen atoms in total. The Morgan fingerprint density at radius 2 is 1.64 bits per heavy atom. The molecule has 3 heterocycles. The number of fused-ring (bicyclic) bond motifs is 4. The molecule has 0 radical (unpaired) electrons. The number of hydrogen-bond donors (Lipinski definition) is 0. The van der Waals surface area contributed by atoms with E-state index in [1.165, 1.54) is 34.6 Å². The third kappa shape index (κ3) is 3.86. The topological polar surface area (TPSA) is 52.3 Å². The van der Waals surface area contributed by atoms with Gasteiger partial charge in [-0.1, -0.05) is 18.2 Å². The Bertz CT molecular complexity index is 1570. The molecule has 0 aliphatic carbocycles. The second-order valence-corrected chi connectivity index (χ2v) is 9.55. The Hall–Kier alpha value is -3.64. The van der Waals surface area contributed by atoms with E-state index < -0.39 is 0 Å². The standard InChI is InChI=1S/C30H32N4O2/c1-3-33-26-10-6-5-9-23(26)24-19-21(11-13-27(24)33)29-31-25-20-22(30(35)36-4-2)12-14-28(25)34(29)18-17-32-15-7-8-16-32/h5-6,9-14,19-20H,3-4,7-8,15-18H2,1-2H3. The smallest absolute Gasteiger partial charge is 0.338 e. The van der Waals surface area contributed by atoms with Gasteiger partial charge in [-0.2, -0.15) is 0 Å². The summed E-state index contributed by atoms with van der Waals surface area (Å²) in [6.45, 7) is 9.49. The number of benzene rings is 3. The third-order valence-electron chi connectivity index (χ3n) is 7.44. The number of carbonyl (C=O) groups is 1. The van der Waals surface area contributed by atoms with E-state index in [-0.39, 0.29) is 5.97 Å². The van der Waals surface area contributed by atoms with Gasteiger partial charge in [-0.25, -0.2) is 9.78 Å². The summed E-state index contributed by atoms with van der Waals surface area (Å²) in [6, 6.07) is 21.0. The van der Waals surface area contributed by atoms with E-state index in [1.54, 1.807) is 0 Å². The van der Waals surface area contributed by atoms with Crippen LogP contribution in [0, 0.1) is 0 Å². The van der Waals surface area contributed by atoms with Gasteiger partial charge in [-0.15, -0.1) is 0 Å². The molecule has 2 aromatic heterocycles. The van der Waals surface area contributed by atoms with Crippen molar-refractivity contribution in [1.29, 1.82) is 0 Å². The van der Waals surface area contributed by atoms with Crippen LogP contribution >= 0.6 is 0 Å². The minimum absolute atomic E-state index is 0.304. The highest BCUT2D eigenvalue weighted by molar-refractivity contribution is 6.09. The van der Waals surface area contributed by atoms with E-state index in [9.17, 15) is 4.79 Å². The summed E-state index contributed by atoms with van der Waals surface area (Å²) in [4.78, 5) is 20.0. The zero-order chi connectivity index (χ0) is 24.6. The molecule has 1 saturated heterocycles. The van der Waals surface area contributed by atoms with E-state index in [0.29, 0.717) is 12.2 Å². The predicted octanol–water partition coefficient (Wildman–Crippen LogP) is 6.10. The van der Waals surface area contributed by atoms with Crippen LogP contribution in [0.5, 0.6) is 0 Å². The zero-order valence-electron chi connectivity index (χ0n) is 21.0. The van der Waals surface area contributed by atoms with Crippen LogP contribution in [0.1, 0.15) is 37.0 Å². The average Bonchev–Trinajstić information content (AvgIpc) is 3.63. The second kappa shape index (κ2) is 9.43. The van der Waals surface area contributed by atoms with Gasteiger partial charge in [0.2, 0.25) is 0 Å². The molecule has 0 saturated carbocycles. The van der Waals surface area contributed by atoms with Crippen molar-refractivity contribution in [1.82, 2.24) is 19.0 Å². The first kappa shape index (κ1) is 22.8. The van der Waals surface area contributed by atoms with Crippen LogP contribution in [0.4, 0.5) is 0 Å². The number of nitrogens with zero attached hydrogens (tertiary/aromatic N) is 4. The Morgan fingerprint density at radius 1 is 0.861 bits per heavy atom. The van der Waals surface area contributed by atoms with E-state index in [0.717, 1.165) is 55.1 Å². The summed E-state index contributed by atoms with van der Waals surface area (Å²) in [7, 11) is 0. The largest absolute Gasteiger partial charge is 0.462 e. The lowest BCUT2D eigenvalue weighted by Crippen LogP contribution is -2.24. The highest BCUT2D eigenvalue weighted by Crippen LogP contribution is 2.34. The molecule has 1 aliphatic rings. The van der Waals surface area contributed by atoms with Crippen LogP contribution in [0.3, 0.4) is 0 Å². The quantitative estimate of drug-likeness (QED) is 0.264. The maximum Gasteiger partial charge on any atom is 0.338 e. The Kier molecular flexibility index (Phi) is 5.97. The molecule has 1 fully saturated rings. The fraction of sp³-hybridized carbons (Fsp3) is 0.333. The summed E-state index contributed by atoms with van der Waals surface area (Å²) in [5, 5.41) is 2.51. The third-order valence-corrected chi connectivity index (χ3v) is 7.44. The highest BCUT2D eigenvalue weighted by Gasteiger charge is 2.19. The SMILES string of the molecule is CCOC(=O)c1ccc2c(c1)nc(-c1ccc3c(c1)c1ccccc1n3CC)n2CCN1CCCC1. The summed E-state index contributed by atoms with van der Waals surface area (Å²) in [5.41, 5.74) is 6.01. The van der Waals surface area contributed by atoms with Gasteiger partial charge >= 0.3 is 5.97 Å². The molecule has 5 aromatic rings. The van der Waals surface area contributed by atoms with Crippen LogP contribution in [0.25, 0.3) is 44.2 Å². The Balaban J connectivity index is 1.50. The molecule has 1 aliphatic heterocycles. The van der Waals surface area contributed by atoms with Crippen molar-refractivity contribution in [3.8, 4) is 11.4 Å². The van der Waals surface area contributed by atoms with Gasteiger partial charge in [0, 0.05) is 47.0 Å². The van der Waals surface area contributed by atoms with E-state index in [2.05, 4.69) is 63.4 Å². The molecule has 3 aromatic carbocycles. The first-order valence-electron chi connectivity index (χ1n) is 13.1. The van der Waals surface area contributed by atoms with Gasteiger partial charge in [0.15, 0.2) is 0 Å². The van der Waals surface area contributed by atoms with Crippen molar-refractivity contribution in [2.24, 2.45) is 0 Å². The zero-order valence-corrected chi connectivity index (χ0v) is 21.0. The summed E-state index contributed by atoms with van der Waals surface area (Å²) < 4.78 is 9.93. The summed E-state index contributed by atoms with van der Waals surface area (Å²) >= 11 is 0. The first-order valence-corrected chi connectivity index (χ1v) is 13.1. The molecule has 184 valence electrons. The maximum absolute atomic E-state index is 12.4. The van der Waals surface area contributed by atoms with Gasteiger partial charge < -0.3 is 18.8 Å². The lowest BCUT2D eigenvalue weighted by atomic mass is 10.1.